The van der Waals surface area contributed by atoms with Gasteiger partial charge in [-0.05, 0) is 31.5 Å². The zero-order chi connectivity index (χ0) is 20.3. The molecule has 1 aliphatic heterocycles. The van der Waals surface area contributed by atoms with E-state index in [1.165, 1.54) is 36.2 Å². The van der Waals surface area contributed by atoms with Gasteiger partial charge in [-0.2, -0.15) is 0 Å². The molecular weight excluding hydrogens is 374 g/mol. The summed E-state index contributed by atoms with van der Waals surface area (Å²) in [6.45, 7) is 7.33. The highest BCUT2D eigenvalue weighted by molar-refractivity contribution is 8.14. The van der Waals surface area contributed by atoms with Gasteiger partial charge in [0.05, 0.1) is 0 Å². The summed E-state index contributed by atoms with van der Waals surface area (Å²) in [4.78, 5) is 23.5. The predicted octanol–water partition coefficient (Wildman–Crippen LogP) is 3.88. The van der Waals surface area contributed by atoms with E-state index in [1.807, 2.05) is 50.2 Å². The number of carbonyl (C=O) groups is 2. The van der Waals surface area contributed by atoms with Crippen molar-refractivity contribution >= 4 is 28.7 Å². The number of thioether (sulfide) groups is 1. The Bertz CT molecular complexity index is 942. The largest absolute Gasteiger partial charge is 0.489 e. The maximum absolute atomic E-state index is 12.1. The van der Waals surface area contributed by atoms with Crippen molar-refractivity contribution in [3.8, 4) is 5.75 Å². The molecule has 0 spiro atoms. The number of amides is 2. The van der Waals surface area contributed by atoms with Gasteiger partial charge >= 0.3 is 0 Å². The van der Waals surface area contributed by atoms with Crippen LogP contribution < -0.4 is 10.1 Å². The molecule has 0 aliphatic carbocycles. The van der Waals surface area contributed by atoms with Gasteiger partial charge in [0.25, 0.3) is 0 Å². The minimum atomic E-state index is -0.397. The Morgan fingerprint density at radius 3 is 2.57 bits per heavy atom. The number of nitrogens with one attached hydrogen (secondary N) is 1. The summed E-state index contributed by atoms with van der Waals surface area (Å²) in [7, 11) is 0. The van der Waals surface area contributed by atoms with Crippen LogP contribution in [-0.2, 0) is 16.2 Å². The minimum absolute atomic E-state index is 0.205. The normalized spacial score (nSPS) is 15.9. The maximum atomic E-state index is 12.1. The lowest BCUT2D eigenvalue weighted by atomic mass is 10.1. The van der Waals surface area contributed by atoms with Gasteiger partial charge in [0, 0.05) is 19.4 Å². The van der Waals surface area contributed by atoms with E-state index in [9.17, 15) is 9.59 Å². The third kappa shape index (κ3) is 4.72. The smallest absolute Gasteiger partial charge is 0.241 e. The average molecular weight is 398 g/mol. The monoisotopic (exact) mass is 397 g/mol. The van der Waals surface area contributed by atoms with Crippen LogP contribution in [0.4, 0.5) is 0 Å². The fourth-order valence-corrected chi connectivity index (χ4v) is 4.08. The van der Waals surface area contributed by atoms with E-state index in [-0.39, 0.29) is 11.8 Å². The van der Waals surface area contributed by atoms with Crippen LogP contribution in [0.3, 0.4) is 0 Å². The van der Waals surface area contributed by atoms with Crippen molar-refractivity contribution in [3.63, 3.8) is 0 Å². The molecule has 1 heterocycles. The summed E-state index contributed by atoms with van der Waals surface area (Å²) in [6.07, 6.45) is 0. The molecule has 0 bridgehead atoms. The highest BCUT2D eigenvalue weighted by atomic mass is 32.2. The lowest BCUT2D eigenvalue weighted by Gasteiger charge is -2.22. The topological polar surface area (TPSA) is 71.0 Å². The van der Waals surface area contributed by atoms with E-state index in [0.29, 0.717) is 17.5 Å². The molecule has 1 atom stereocenters. The van der Waals surface area contributed by atoms with Gasteiger partial charge in [0.1, 0.15) is 17.7 Å². The second kappa shape index (κ2) is 8.48. The van der Waals surface area contributed by atoms with Crippen molar-refractivity contribution in [2.75, 3.05) is 0 Å². The first kappa shape index (κ1) is 19.9. The summed E-state index contributed by atoms with van der Waals surface area (Å²) in [5, 5.41) is 8.31. The number of hydrazone groups is 1. The molecule has 0 saturated heterocycles. The lowest BCUT2D eigenvalue weighted by Crippen LogP contribution is -2.25. The summed E-state index contributed by atoms with van der Waals surface area (Å²) < 4.78 is 6.10. The highest BCUT2D eigenvalue weighted by Gasteiger charge is 2.34. The lowest BCUT2D eigenvalue weighted by molar-refractivity contribution is -0.129. The van der Waals surface area contributed by atoms with Crippen LogP contribution in [0.25, 0.3) is 0 Å². The Morgan fingerprint density at radius 1 is 1.14 bits per heavy atom. The minimum Gasteiger partial charge on any atom is -0.489 e. The Kier molecular flexibility index (Phi) is 6.04. The average Bonchev–Trinajstić information content (AvgIpc) is 3.04. The number of ether oxygens (including phenoxy) is 1. The predicted molar refractivity (Wildman–Crippen MR) is 111 cm³/mol. The molecule has 0 saturated carbocycles. The molecule has 2 amide bonds. The molecule has 1 unspecified atom stereocenters. The Balaban J connectivity index is 1.87. The molecule has 2 aromatic carbocycles. The van der Waals surface area contributed by atoms with Gasteiger partial charge in [-0.25, -0.2) is 5.01 Å². The van der Waals surface area contributed by atoms with Crippen LogP contribution in [0, 0.1) is 13.8 Å². The number of amidine groups is 1. The third-order valence-corrected chi connectivity index (χ3v) is 5.24. The van der Waals surface area contributed by atoms with Gasteiger partial charge in [0.15, 0.2) is 5.17 Å². The van der Waals surface area contributed by atoms with E-state index >= 15 is 0 Å². The standard InChI is InChI=1S/C21H23N3O3S/c1-13-6-5-7-17(10-13)12-27-19-9-8-14(2)11-18(19)20-24(16(4)26)23-21(28-20)22-15(3)25/h5-11,20H,12H2,1-4H3,(H,22,23,25). The Labute approximate surface area is 169 Å². The second-order valence-electron chi connectivity index (χ2n) is 6.74. The number of rotatable bonds is 4. The van der Waals surface area contributed by atoms with Crippen molar-refractivity contribution in [2.45, 2.75) is 39.7 Å². The fourth-order valence-electron chi connectivity index (χ4n) is 2.92. The zero-order valence-electron chi connectivity index (χ0n) is 16.4. The van der Waals surface area contributed by atoms with Gasteiger partial charge in [0.2, 0.25) is 11.8 Å². The first-order valence-electron chi connectivity index (χ1n) is 8.95. The van der Waals surface area contributed by atoms with Gasteiger partial charge < -0.3 is 10.1 Å². The number of hydrogen-bond acceptors (Lipinski definition) is 5. The van der Waals surface area contributed by atoms with Crippen molar-refractivity contribution in [2.24, 2.45) is 5.10 Å². The first-order chi connectivity index (χ1) is 13.3. The summed E-state index contributed by atoms with van der Waals surface area (Å²) in [6, 6.07) is 14.0. The molecule has 1 aliphatic rings. The second-order valence-corrected chi connectivity index (χ2v) is 7.81. The van der Waals surface area contributed by atoms with Crippen molar-refractivity contribution in [3.05, 3.63) is 64.7 Å². The molecule has 0 aromatic heterocycles. The molecule has 3 rings (SSSR count). The van der Waals surface area contributed by atoms with Crippen LogP contribution in [0.15, 0.2) is 47.6 Å². The molecule has 146 valence electrons. The third-order valence-electron chi connectivity index (χ3n) is 4.16. The summed E-state index contributed by atoms with van der Waals surface area (Å²) in [5.74, 6) is 0.259. The molecule has 0 fully saturated rings. The van der Waals surface area contributed by atoms with Crippen LogP contribution in [-0.4, -0.2) is 22.0 Å². The number of benzene rings is 2. The van der Waals surface area contributed by atoms with Crippen molar-refractivity contribution < 1.29 is 14.3 Å². The molecule has 1 N–H and O–H groups in total. The molecular formula is C21H23N3O3S. The maximum Gasteiger partial charge on any atom is 0.241 e. The van der Waals surface area contributed by atoms with Gasteiger partial charge in [-0.15, -0.1) is 5.10 Å². The quantitative estimate of drug-likeness (QED) is 0.850. The van der Waals surface area contributed by atoms with Crippen LogP contribution >= 0.6 is 11.8 Å². The summed E-state index contributed by atoms with van der Waals surface area (Å²) in [5.41, 5.74) is 4.14. The van der Waals surface area contributed by atoms with E-state index in [4.69, 9.17) is 4.74 Å². The summed E-state index contributed by atoms with van der Waals surface area (Å²) >= 11 is 1.32. The van der Waals surface area contributed by atoms with Crippen LogP contribution in [0.1, 0.15) is 41.5 Å². The molecule has 0 radical (unpaired) electrons. The van der Waals surface area contributed by atoms with E-state index in [0.717, 1.165) is 16.7 Å². The molecule has 28 heavy (non-hydrogen) atoms. The van der Waals surface area contributed by atoms with Crippen LogP contribution in [0.2, 0.25) is 0 Å². The van der Waals surface area contributed by atoms with E-state index in [1.54, 1.807) is 0 Å². The zero-order valence-corrected chi connectivity index (χ0v) is 17.2. The number of carbonyl (C=O) groups excluding carboxylic acids is 2. The molecule has 7 heteroatoms. The van der Waals surface area contributed by atoms with Crippen LogP contribution in [0.5, 0.6) is 5.75 Å². The van der Waals surface area contributed by atoms with E-state index < -0.39 is 5.37 Å². The Morgan fingerprint density at radius 2 is 1.89 bits per heavy atom. The van der Waals surface area contributed by atoms with Gasteiger partial charge in [-0.3, -0.25) is 9.59 Å². The van der Waals surface area contributed by atoms with Crippen molar-refractivity contribution in [1.29, 1.82) is 0 Å². The van der Waals surface area contributed by atoms with Gasteiger partial charge in [-0.1, -0.05) is 53.2 Å². The fraction of sp³-hybridized carbons (Fsp3) is 0.286. The van der Waals surface area contributed by atoms with Crippen molar-refractivity contribution in [1.82, 2.24) is 10.3 Å². The number of nitrogens with zero attached hydrogens (tertiary/aromatic N) is 2. The van der Waals surface area contributed by atoms with E-state index in [2.05, 4.69) is 16.5 Å². The Hall–Kier alpha value is -2.80. The highest BCUT2D eigenvalue weighted by Crippen LogP contribution is 2.43. The number of hydrogen-bond donors (Lipinski definition) is 1. The number of aryl methyl sites for hydroxylation is 2. The SMILES string of the molecule is CC(=O)NC1=NN(C(C)=O)C(c2cc(C)ccc2OCc2cccc(C)c2)S1. The first-order valence-corrected chi connectivity index (χ1v) is 9.83. The molecule has 2 aromatic rings. The molecule has 6 nitrogen and oxygen atoms in total.